The van der Waals surface area contributed by atoms with Crippen molar-refractivity contribution in [3.05, 3.63) is 48.3 Å². The summed E-state index contributed by atoms with van der Waals surface area (Å²) >= 11 is 1.55. The van der Waals surface area contributed by atoms with Gasteiger partial charge < -0.3 is 9.84 Å². The molecule has 1 heterocycles. The zero-order valence-corrected chi connectivity index (χ0v) is 12.1. The van der Waals surface area contributed by atoms with Gasteiger partial charge in [-0.25, -0.2) is 9.37 Å². The fraction of sp³-hybridized carbons (Fsp3) is 0.188. The molecule has 2 aromatic carbocycles. The molecule has 0 bridgehead atoms. The Hall–Kier alpha value is -1.98. The van der Waals surface area contributed by atoms with Crippen molar-refractivity contribution in [2.45, 2.75) is 6.42 Å². The quantitative estimate of drug-likeness (QED) is 0.728. The summed E-state index contributed by atoms with van der Waals surface area (Å²) in [6.45, 7) is 0.562. The summed E-state index contributed by atoms with van der Waals surface area (Å²) in [6.07, 6.45) is 0.589. The molecule has 0 fully saturated rings. The normalized spacial score (nSPS) is 11.0. The van der Waals surface area contributed by atoms with Crippen molar-refractivity contribution in [2.75, 3.05) is 13.2 Å². The minimum absolute atomic E-state index is 0.105. The van der Waals surface area contributed by atoms with Gasteiger partial charge in [-0.15, -0.1) is 11.3 Å². The number of para-hydroxylation sites is 1. The number of hydrogen-bond donors (Lipinski definition) is 1. The van der Waals surface area contributed by atoms with Gasteiger partial charge in [0.25, 0.3) is 0 Å². The number of benzene rings is 2. The van der Waals surface area contributed by atoms with Crippen LogP contribution in [-0.2, 0) is 0 Å². The van der Waals surface area contributed by atoms with Crippen LogP contribution in [-0.4, -0.2) is 23.3 Å². The van der Waals surface area contributed by atoms with E-state index in [9.17, 15) is 4.39 Å². The molecule has 0 aliphatic rings. The van der Waals surface area contributed by atoms with Gasteiger partial charge in [-0.2, -0.15) is 0 Å². The number of fused-ring (bicyclic) bond motifs is 1. The summed E-state index contributed by atoms with van der Waals surface area (Å²) in [5.41, 5.74) is 1.69. The predicted octanol–water partition coefficient (Wildman–Crippen LogP) is 3.86. The molecule has 0 radical (unpaired) electrons. The second-order valence-corrected chi connectivity index (χ2v) is 5.59. The number of thiazole rings is 1. The Morgan fingerprint density at radius 3 is 2.71 bits per heavy atom. The molecule has 3 nitrogen and oxygen atoms in total. The molecule has 0 saturated heterocycles. The highest BCUT2D eigenvalue weighted by atomic mass is 32.1. The Bertz CT molecular complexity index is 740. The van der Waals surface area contributed by atoms with E-state index < -0.39 is 0 Å². The van der Waals surface area contributed by atoms with Gasteiger partial charge in [0.1, 0.15) is 22.1 Å². The number of halogens is 1. The van der Waals surface area contributed by atoms with Crippen molar-refractivity contribution in [2.24, 2.45) is 0 Å². The minimum Gasteiger partial charge on any atom is -0.491 e. The maximum atomic E-state index is 13.0. The van der Waals surface area contributed by atoms with Crippen molar-refractivity contribution < 1.29 is 14.2 Å². The van der Waals surface area contributed by atoms with Gasteiger partial charge in [-0.05, 0) is 36.4 Å². The fourth-order valence-corrected chi connectivity index (χ4v) is 2.99. The van der Waals surface area contributed by atoms with E-state index in [1.807, 2.05) is 18.2 Å². The molecule has 108 valence electrons. The Kier molecular flexibility index (Phi) is 4.13. The summed E-state index contributed by atoms with van der Waals surface area (Å²) in [5, 5.41) is 9.64. The first-order valence-corrected chi connectivity index (χ1v) is 7.49. The van der Waals surface area contributed by atoms with Crippen LogP contribution in [0, 0.1) is 5.82 Å². The number of nitrogens with zero attached hydrogens (tertiary/aromatic N) is 1. The fourth-order valence-electron chi connectivity index (χ4n) is 2.00. The van der Waals surface area contributed by atoms with Crippen LogP contribution in [0.1, 0.15) is 6.42 Å². The standard InChI is InChI=1S/C16H14FNO2S/c17-12-7-5-11(6-8-12)16-18-15-13(20-10-2-9-19)3-1-4-14(15)21-16/h1,3-8,19H,2,9-10H2. The zero-order chi connectivity index (χ0) is 14.7. The molecule has 0 spiro atoms. The van der Waals surface area contributed by atoms with Gasteiger partial charge in [-0.1, -0.05) is 6.07 Å². The van der Waals surface area contributed by atoms with Crippen molar-refractivity contribution in [1.82, 2.24) is 4.98 Å². The maximum Gasteiger partial charge on any atom is 0.146 e. The lowest BCUT2D eigenvalue weighted by molar-refractivity contribution is 0.234. The van der Waals surface area contributed by atoms with Gasteiger partial charge in [0.15, 0.2) is 0 Å². The highest BCUT2D eigenvalue weighted by molar-refractivity contribution is 7.21. The molecule has 21 heavy (non-hydrogen) atoms. The smallest absolute Gasteiger partial charge is 0.146 e. The molecule has 0 amide bonds. The molecule has 0 unspecified atom stereocenters. The predicted molar refractivity (Wildman–Crippen MR) is 82.2 cm³/mol. The molecule has 1 N–H and O–H groups in total. The molecule has 0 saturated carbocycles. The lowest BCUT2D eigenvalue weighted by Gasteiger charge is -2.04. The lowest BCUT2D eigenvalue weighted by Crippen LogP contribution is -1.99. The van der Waals surface area contributed by atoms with Gasteiger partial charge in [0.05, 0.1) is 11.3 Å². The van der Waals surface area contributed by atoms with E-state index in [-0.39, 0.29) is 12.4 Å². The maximum absolute atomic E-state index is 13.0. The number of rotatable bonds is 5. The molecule has 1 aromatic heterocycles. The average Bonchev–Trinajstić information content (AvgIpc) is 2.93. The van der Waals surface area contributed by atoms with Crippen LogP contribution >= 0.6 is 11.3 Å². The monoisotopic (exact) mass is 303 g/mol. The molecule has 3 rings (SSSR count). The summed E-state index contributed by atoms with van der Waals surface area (Å²) in [5.74, 6) is 0.457. The van der Waals surface area contributed by atoms with E-state index in [0.717, 1.165) is 20.8 Å². The molecular weight excluding hydrogens is 289 g/mol. The van der Waals surface area contributed by atoms with E-state index >= 15 is 0 Å². The number of ether oxygens (including phenoxy) is 1. The van der Waals surface area contributed by atoms with E-state index in [1.165, 1.54) is 12.1 Å². The van der Waals surface area contributed by atoms with Gasteiger partial charge in [0, 0.05) is 18.6 Å². The largest absolute Gasteiger partial charge is 0.491 e. The van der Waals surface area contributed by atoms with Crippen LogP contribution in [0.2, 0.25) is 0 Å². The van der Waals surface area contributed by atoms with Gasteiger partial charge in [0.2, 0.25) is 0 Å². The molecule has 0 aliphatic heterocycles. The van der Waals surface area contributed by atoms with Gasteiger partial charge >= 0.3 is 0 Å². The molecule has 0 aliphatic carbocycles. The van der Waals surface area contributed by atoms with E-state index in [4.69, 9.17) is 9.84 Å². The van der Waals surface area contributed by atoms with Crippen molar-refractivity contribution in [3.63, 3.8) is 0 Å². The highest BCUT2D eigenvalue weighted by Gasteiger charge is 2.10. The SMILES string of the molecule is OCCCOc1cccc2sc(-c3ccc(F)cc3)nc12. The zero-order valence-electron chi connectivity index (χ0n) is 11.3. The third kappa shape index (κ3) is 3.04. The van der Waals surface area contributed by atoms with Gasteiger partial charge in [-0.3, -0.25) is 0 Å². The van der Waals surface area contributed by atoms with Crippen molar-refractivity contribution in [1.29, 1.82) is 0 Å². The average molecular weight is 303 g/mol. The molecular formula is C16H14FNO2S. The molecule has 5 heteroatoms. The number of hydrogen-bond acceptors (Lipinski definition) is 4. The van der Waals surface area contributed by atoms with Crippen LogP contribution < -0.4 is 4.74 Å². The number of aliphatic hydroxyl groups is 1. The summed E-state index contributed by atoms with van der Waals surface area (Å²) in [6, 6.07) is 12.1. The molecule has 0 atom stereocenters. The van der Waals surface area contributed by atoms with Crippen LogP contribution in [0.4, 0.5) is 4.39 Å². The Morgan fingerprint density at radius 1 is 1.14 bits per heavy atom. The number of aliphatic hydroxyl groups excluding tert-OH is 1. The minimum atomic E-state index is -0.257. The summed E-state index contributed by atoms with van der Waals surface area (Å²) < 4.78 is 19.7. The van der Waals surface area contributed by atoms with E-state index in [1.54, 1.807) is 23.5 Å². The van der Waals surface area contributed by atoms with Crippen LogP contribution in [0.15, 0.2) is 42.5 Å². The molecule has 3 aromatic rings. The van der Waals surface area contributed by atoms with E-state index in [0.29, 0.717) is 18.8 Å². The first-order valence-electron chi connectivity index (χ1n) is 6.67. The van der Waals surface area contributed by atoms with Crippen molar-refractivity contribution in [3.8, 4) is 16.3 Å². The Morgan fingerprint density at radius 2 is 1.95 bits per heavy atom. The van der Waals surface area contributed by atoms with Crippen LogP contribution in [0.5, 0.6) is 5.75 Å². The second-order valence-electron chi connectivity index (χ2n) is 4.55. The summed E-state index contributed by atoms with van der Waals surface area (Å²) in [7, 11) is 0. The van der Waals surface area contributed by atoms with E-state index in [2.05, 4.69) is 4.98 Å². The first kappa shape index (κ1) is 14.0. The Labute approximate surface area is 125 Å². The third-order valence-corrected chi connectivity index (χ3v) is 4.10. The lowest BCUT2D eigenvalue weighted by atomic mass is 10.2. The van der Waals surface area contributed by atoms with Crippen LogP contribution in [0.25, 0.3) is 20.8 Å². The number of aromatic nitrogens is 1. The highest BCUT2D eigenvalue weighted by Crippen LogP contribution is 2.34. The van der Waals surface area contributed by atoms with Crippen molar-refractivity contribution >= 4 is 21.6 Å². The summed E-state index contributed by atoms with van der Waals surface area (Å²) in [4.78, 5) is 4.60. The Balaban J connectivity index is 1.95. The first-order chi connectivity index (χ1) is 10.3. The van der Waals surface area contributed by atoms with Crippen LogP contribution in [0.3, 0.4) is 0 Å². The second kappa shape index (κ2) is 6.20. The topological polar surface area (TPSA) is 42.4 Å². The third-order valence-electron chi connectivity index (χ3n) is 3.03.